The highest BCUT2D eigenvalue weighted by Gasteiger charge is 2.14. The van der Waals surface area contributed by atoms with Gasteiger partial charge in [-0.15, -0.1) is 0 Å². The van der Waals surface area contributed by atoms with Crippen molar-refractivity contribution >= 4 is 56.5 Å². The van der Waals surface area contributed by atoms with Gasteiger partial charge in [0.25, 0.3) is 0 Å². The molecule has 0 fully saturated rings. The van der Waals surface area contributed by atoms with Crippen LogP contribution in [0.3, 0.4) is 0 Å². The number of aldehydes is 1. The summed E-state index contributed by atoms with van der Waals surface area (Å²) in [5, 5.41) is 8.60. The predicted octanol–water partition coefficient (Wildman–Crippen LogP) is 7.93. The summed E-state index contributed by atoms with van der Waals surface area (Å²) in [6.07, 6.45) is 0.695. The number of carbonyl (C=O) groups excluding carboxylic acids is 1. The number of halogens is 3. The van der Waals surface area contributed by atoms with Gasteiger partial charge in [-0.05, 0) is 73.3 Å². The first-order valence-corrected chi connectivity index (χ1v) is 12.4. The third kappa shape index (κ3) is 5.23. The molecule has 1 heterocycles. The van der Waals surface area contributed by atoms with Gasteiger partial charge < -0.3 is 9.47 Å². The van der Waals surface area contributed by atoms with Gasteiger partial charge in [0.1, 0.15) is 35.7 Å². The van der Waals surface area contributed by atoms with Gasteiger partial charge in [0, 0.05) is 21.1 Å². The highest BCUT2D eigenvalue weighted by molar-refractivity contribution is 9.10. The largest absolute Gasteiger partial charge is 0.488 e. The van der Waals surface area contributed by atoms with E-state index in [1.807, 2.05) is 54.6 Å². The molecule has 0 aliphatic heterocycles. The van der Waals surface area contributed by atoms with Crippen molar-refractivity contribution in [3.63, 3.8) is 0 Å². The smallest absolute Gasteiger partial charge is 0.153 e. The van der Waals surface area contributed by atoms with Gasteiger partial charge in [-0.3, -0.25) is 4.79 Å². The van der Waals surface area contributed by atoms with Crippen molar-refractivity contribution in [1.29, 1.82) is 0 Å². The summed E-state index contributed by atoms with van der Waals surface area (Å²) in [7, 11) is 0. The number of benzene rings is 4. The molecule has 0 amide bonds. The Morgan fingerprint density at radius 2 is 1.67 bits per heavy atom. The molecule has 0 unspecified atom stereocenters. The van der Waals surface area contributed by atoms with Gasteiger partial charge in [0.2, 0.25) is 0 Å². The van der Waals surface area contributed by atoms with E-state index in [1.165, 1.54) is 6.07 Å². The zero-order chi connectivity index (χ0) is 25.1. The molecule has 0 saturated heterocycles. The van der Waals surface area contributed by atoms with Crippen molar-refractivity contribution in [2.45, 2.75) is 13.2 Å². The molecule has 9 heteroatoms. The van der Waals surface area contributed by atoms with Gasteiger partial charge in [-0.1, -0.05) is 59.6 Å². The van der Waals surface area contributed by atoms with Crippen molar-refractivity contribution in [3.05, 3.63) is 104 Å². The highest BCUT2D eigenvalue weighted by Crippen LogP contribution is 2.36. The maximum Gasteiger partial charge on any atom is 0.153 e. The van der Waals surface area contributed by atoms with Crippen LogP contribution in [0, 0.1) is 0 Å². The van der Waals surface area contributed by atoms with Crippen LogP contribution in [0.2, 0.25) is 10.0 Å². The first-order valence-electron chi connectivity index (χ1n) is 10.8. The lowest BCUT2D eigenvalue weighted by Gasteiger charge is -2.15. The summed E-state index contributed by atoms with van der Waals surface area (Å²) in [5.41, 5.74) is 5.33. The van der Waals surface area contributed by atoms with Crippen LogP contribution in [0.4, 0.5) is 0 Å². The molecular formula is C27H17BrCl2N2O4. The van der Waals surface area contributed by atoms with E-state index in [2.05, 4.69) is 26.2 Å². The van der Waals surface area contributed by atoms with Crippen LogP contribution in [-0.2, 0) is 13.2 Å². The molecular weight excluding hydrogens is 567 g/mol. The maximum absolute atomic E-state index is 11.6. The Hall–Kier alpha value is -3.39. The minimum atomic E-state index is 0.206. The quantitative estimate of drug-likeness (QED) is 0.173. The summed E-state index contributed by atoms with van der Waals surface area (Å²) in [6.45, 7) is 0.447. The van der Waals surface area contributed by atoms with E-state index in [4.69, 9.17) is 37.3 Å². The maximum atomic E-state index is 11.6. The van der Waals surface area contributed by atoms with Gasteiger partial charge in [0.05, 0.1) is 10.6 Å². The Kier molecular flexibility index (Phi) is 7.23. The predicted molar refractivity (Wildman–Crippen MR) is 142 cm³/mol. The molecule has 0 atom stereocenters. The topological polar surface area (TPSA) is 74.5 Å². The minimum absolute atomic E-state index is 0.206. The zero-order valence-electron chi connectivity index (χ0n) is 18.6. The number of aromatic nitrogens is 2. The van der Waals surface area contributed by atoms with E-state index >= 15 is 0 Å². The number of carbonyl (C=O) groups is 1. The van der Waals surface area contributed by atoms with Crippen molar-refractivity contribution in [2.75, 3.05) is 0 Å². The van der Waals surface area contributed by atoms with Crippen LogP contribution in [0.15, 0.2) is 81.9 Å². The molecule has 0 aliphatic carbocycles. The summed E-state index contributed by atoms with van der Waals surface area (Å²) in [5.74, 6) is 0.753. The fourth-order valence-corrected chi connectivity index (χ4v) is 4.71. The third-order valence-corrected chi connectivity index (χ3v) is 6.97. The molecule has 0 N–H and O–H groups in total. The van der Waals surface area contributed by atoms with E-state index in [0.717, 1.165) is 26.7 Å². The van der Waals surface area contributed by atoms with E-state index in [-0.39, 0.29) is 13.2 Å². The molecule has 0 bridgehead atoms. The fraction of sp³-hybridized carbons (Fsp3) is 0.0741. The van der Waals surface area contributed by atoms with Crippen LogP contribution < -0.4 is 9.47 Å². The van der Waals surface area contributed by atoms with Crippen LogP contribution >= 0.6 is 39.1 Å². The Bertz CT molecular complexity index is 1570. The van der Waals surface area contributed by atoms with Crippen molar-refractivity contribution in [2.24, 2.45) is 0 Å². The van der Waals surface area contributed by atoms with Gasteiger partial charge in [-0.2, -0.15) is 0 Å². The normalized spacial score (nSPS) is 11.0. The van der Waals surface area contributed by atoms with Crippen LogP contribution in [0.5, 0.6) is 11.5 Å². The summed E-state index contributed by atoms with van der Waals surface area (Å²) in [4.78, 5) is 11.6. The lowest BCUT2D eigenvalue weighted by atomic mass is 10.0. The van der Waals surface area contributed by atoms with Crippen molar-refractivity contribution in [3.8, 4) is 22.6 Å². The summed E-state index contributed by atoms with van der Waals surface area (Å²) in [6, 6.07) is 22.1. The van der Waals surface area contributed by atoms with Crippen molar-refractivity contribution < 1.29 is 18.9 Å². The van der Waals surface area contributed by atoms with Gasteiger partial charge in [0.15, 0.2) is 6.29 Å². The highest BCUT2D eigenvalue weighted by atomic mass is 79.9. The van der Waals surface area contributed by atoms with Crippen LogP contribution in [0.1, 0.15) is 21.5 Å². The average Bonchev–Trinajstić information content (AvgIpc) is 3.35. The minimum Gasteiger partial charge on any atom is -0.488 e. The van der Waals surface area contributed by atoms with Gasteiger partial charge in [-0.25, -0.2) is 4.63 Å². The standard InChI is InChI=1S/C27H17BrCl2N2O4/c28-27-18(4-2-6-21(27)17-3-1-5-20(29)10-17)15-35-26-12-25(19(13-33)11-22(26)30)34-14-16-7-8-23-24(9-16)32-36-31-23/h1-13H,14-15H2. The molecule has 0 saturated carbocycles. The number of fused-ring (bicyclic) bond motifs is 1. The van der Waals surface area contributed by atoms with Crippen LogP contribution in [0.25, 0.3) is 22.2 Å². The molecule has 5 rings (SSSR count). The molecule has 6 nitrogen and oxygen atoms in total. The van der Waals surface area contributed by atoms with E-state index in [9.17, 15) is 4.79 Å². The molecule has 0 spiro atoms. The number of nitrogens with zero attached hydrogens (tertiary/aromatic N) is 2. The van der Waals surface area contributed by atoms with E-state index < -0.39 is 0 Å². The summed E-state index contributed by atoms with van der Waals surface area (Å²) < 4.78 is 17.6. The molecule has 4 aromatic carbocycles. The third-order valence-electron chi connectivity index (χ3n) is 5.50. The van der Waals surface area contributed by atoms with E-state index in [1.54, 1.807) is 12.1 Å². The number of ether oxygens (including phenoxy) is 2. The number of rotatable bonds is 8. The SMILES string of the molecule is O=Cc1cc(Cl)c(OCc2cccc(-c3cccc(Cl)c3)c2Br)cc1OCc1ccc2nonc2c1. The zero-order valence-corrected chi connectivity index (χ0v) is 21.7. The Morgan fingerprint density at radius 3 is 2.50 bits per heavy atom. The molecule has 180 valence electrons. The second-order valence-electron chi connectivity index (χ2n) is 7.89. The van der Waals surface area contributed by atoms with Gasteiger partial charge >= 0.3 is 0 Å². The second kappa shape index (κ2) is 10.7. The fourth-order valence-electron chi connectivity index (χ4n) is 3.68. The molecule has 36 heavy (non-hydrogen) atoms. The van der Waals surface area contributed by atoms with E-state index in [0.29, 0.717) is 44.4 Å². The number of hydrogen-bond donors (Lipinski definition) is 0. The first-order chi connectivity index (χ1) is 17.5. The molecule has 0 radical (unpaired) electrons. The molecule has 5 aromatic rings. The first kappa shape index (κ1) is 24.3. The van der Waals surface area contributed by atoms with Crippen molar-refractivity contribution in [1.82, 2.24) is 10.3 Å². The monoisotopic (exact) mass is 582 g/mol. The molecule has 0 aliphatic rings. The molecule has 1 aromatic heterocycles. The van der Waals surface area contributed by atoms with Crippen LogP contribution in [-0.4, -0.2) is 16.6 Å². The Balaban J connectivity index is 1.35. The lowest BCUT2D eigenvalue weighted by molar-refractivity contribution is 0.111. The Morgan fingerprint density at radius 1 is 0.861 bits per heavy atom. The second-order valence-corrected chi connectivity index (χ2v) is 9.53. The lowest BCUT2D eigenvalue weighted by Crippen LogP contribution is -2.02. The number of hydrogen-bond acceptors (Lipinski definition) is 6. The summed E-state index contributed by atoms with van der Waals surface area (Å²) >= 11 is 16.3. The average molecular weight is 584 g/mol. The Labute approximate surface area is 224 Å².